The third-order valence-electron chi connectivity index (χ3n) is 6.31. The number of benzene rings is 1. The number of fused-ring (bicyclic) bond motifs is 1. The molecule has 0 unspecified atom stereocenters. The van der Waals surface area contributed by atoms with E-state index in [1.54, 1.807) is 31.5 Å². The molecular weight excluding hydrogens is 426 g/mol. The number of anilines is 1. The maximum Gasteiger partial charge on any atom is 0.419 e. The molecule has 1 saturated carbocycles. The van der Waals surface area contributed by atoms with Crippen LogP contribution in [0.1, 0.15) is 18.4 Å². The van der Waals surface area contributed by atoms with Crippen LogP contribution in [0.3, 0.4) is 0 Å². The Morgan fingerprint density at radius 2 is 1.97 bits per heavy atom. The topological polar surface area (TPSA) is 82.7 Å². The highest BCUT2D eigenvalue weighted by Gasteiger charge is 2.48. The van der Waals surface area contributed by atoms with Crippen molar-refractivity contribution in [2.45, 2.75) is 25.1 Å². The molecule has 1 aliphatic heterocycles. The zero-order valence-corrected chi connectivity index (χ0v) is 18.1. The second-order valence-electron chi connectivity index (χ2n) is 9.06. The molecule has 5 rings (SSSR count). The lowest BCUT2D eigenvalue weighted by Gasteiger charge is -2.54. The largest absolute Gasteiger partial charge is 0.419 e. The van der Waals surface area contributed by atoms with Crippen LogP contribution in [0.2, 0.25) is 0 Å². The fraction of sp³-hybridized carbons (Fsp3) is 0.429. The average molecular weight is 449 g/mol. The van der Waals surface area contributed by atoms with Crippen LogP contribution >= 0.6 is 7.14 Å². The standard InChI is InChI=1S/C21H23F3N5OP/c1-31(2,30)16-5-3-4-13-14(8-26-18(13)16)17-15(21(22,23)24)9-27-19(29-17)28-12-6-20(7-12)10-25-11-20/h3-5,8-9,12,25-26H,6-7,10-11H2,1-2H3,(H,27,28,29). The lowest BCUT2D eigenvalue weighted by atomic mass is 9.62. The predicted molar refractivity (Wildman–Crippen MR) is 115 cm³/mol. The van der Waals surface area contributed by atoms with Gasteiger partial charge in [-0.1, -0.05) is 12.1 Å². The highest BCUT2D eigenvalue weighted by Crippen LogP contribution is 2.46. The van der Waals surface area contributed by atoms with Gasteiger partial charge in [-0.2, -0.15) is 13.2 Å². The fourth-order valence-electron chi connectivity index (χ4n) is 4.68. The first kappa shape index (κ1) is 20.5. The minimum absolute atomic E-state index is 0.160. The lowest BCUT2D eigenvalue weighted by molar-refractivity contribution is -0.137. The lowest BCUT2D eigenvalue weighted by Crippen LogP contribution is -2.63. The first-order valence-corrected chi connectivity index (χ1v) is 12.7. The van der Waals surface area contributed by atoms with Gasteiger partial charge >= 0.3 is 6.18 Å². The van der Waals surface area contributed by atoms with E-state index >= 15 is 0 Å². The first-order chi connectivity index (χ1) is 14.6. The van der Waals surface area contributed by atoms with E-state index in [0.29, 0.717) is 27.2 Å². The summed E-state index contributed by atoms with van der Waals surface area (Å²) in [5.41, 5.74) is 0.138. The highest BCUT2D eigenvalue weighted by atomic mass is 31.2. The number of rotatable bonds is 4. The van der Waals surface area contributed by atoms with Crippen LogP contribution in [0.15, 0.2) is 30.6 Å². The highest BCUT2D eigenvalue weighted by molar-refractivity contribution is 7.70. The van der Waals surface area contributed by atoms with Gasteiger partial charge in [-0.3, -0.25) is 0 Å². The van der Waals surface area contributed by atoms with Crippen molar-refractivity contribution in [3.05, 3.63) is 36.2 Å². The maximum atomic E-state index is 13.8. The van der Waals surface area contributed by atoms with E-state index in [-0.39, 0.29) is 17.7 Å². The van der Waals surface area contributed by atoms with Crippen molar-refractivity contribution in [1.29, 1.82) is 0 Å². The molecule has 2 aromatic heterocycles. The summed E-state index contributed by atoms with van der Waals surface area (Å²) < 4.78 is 54.0. The van der Waals surface area contributed by atoms with Gasteiger partial charge in [0.25, 0.3) is 0 Å². The number of nitrogens with zero attached hydrogens (tertiary/aromatic N) is 2. The van der Waals surface area contributed by atoms with Crippen LogP contribution in [0.4, 0.5) is 19.1 Å². The Bertz CT molecular complexity index is 1200. The number of halogens is 3. The van der Waals surface area contributed by atoms with Crippen molar-refractivity contribution in [3.63, 3.8) is 0 Å². The molecular formula is C21H23F3N5OP. The molecule has 3 aromatic rings. The number of nitrogens with one attached hydrogen (secondary N) is 3. The summed E-state index contributed by atoms with van der Waals surface area (Å²) in [6.45, 7) is 5.25. The minimum Gasteiger partial charge on any atom is -0.360 e. The average Bonchev–Trinajstić information content (AvgIpc) is 3.04. The number of para-hydroxylation sites is 1. The van der Waals surface area contributed by atoms with Gasteiger partial charge in [-0.25, -0.2) is 9.97 Å². The van der Waals surface area contributed by atoms with Gasteiger partial charge in [-0.15, -0.1) is 0 Å². The molecule has 164 valence electrons. The van der Waals surface area contributed by atoms with E-state index in [9.17, 15) is 17.7 Å². The summed E-state index contributed by atoms with van der Waals surface area (Å²) in [5, 5.41) is 7.62. The van der Waals surface area contributed by atoms with E-state index in [1.165, 1.54) is 6.20 Å². The SMILES string of the molecule is CP(C)(=O)c1cccc2c(-c3nc(NC4CC5(CNC5)C4)ncc3C(F)(F)F)c[nH]c12. The monoisotopic (exact) mass is 449 g/mol. The van der Waals surface area contributed by atoms with Gasteiger partial charge in [-0.05, 0) is 37.7 Å². The molecule has 10 heteroatoms. The molecule has 0 radical (unpaired) electrons. The van der Waals surface area contributed by atoms with Crippen molar-refractivity contribution in [3.8, 4) is 11.3 Å². The van der Waals surface area contributed by atoms with Crippen LogP contribution in [-0.4, -0.2) is 47.4 Å². The molecule has 1 saturated heterocycles. The van der Waals surface area contributed by atoms with Crippen LogP contribution in [0, 0.1) is 5.41 Å². The molecule has 0 bridgehead atoms. The smallest absolute Gasteiger partial charge is 0.360 e. The fourth-order valence-corrected chi connectivity index (χ4v) is 5.85. The molecule has 31 heavy (non-hydrogen) atoms. The summed E-state index contributed by atoms with van der Waals surface area (Å²) in [6.07, 6.45) is -0.338. The van der Waals surface area contributed by atoms with Crippen LogP contribution in [0.5, 0.6) is 0 Å². The molecule has 2 aliphatic rings. The Labute approximate surface area is 177 Å². The zero-order chi connectivity index (χ0) is 22.0. The van der Waals surface area contributed by atoms with Crippen molar-refractivity contribution in [2.75, 3.05) is 31.7 Å². The molecule has 1 aromatic carbocycles. The molecule has 6 nitrogen and oxygen atoms in total. The van der Waals surface area contributed by atoms with E-state index in [4.69, 9.17) is 0 Å². The molecule has 3 heterocycles. The molecule has 1 spiro atoms. The van der Waals surface area contributed by atoms with E-state index in [1.807, 2.05) is 0 Å². The molecule has 2 fully saturated rings. The Kier molecular flexibility index (Phi) is 4.51. The Hall–Kier alpha value is -2.38. The minimum atomic E-state index is -4.60. The van der Waals surface area contributed by atoms with Gasteiger partial charge in [0.15, 0.2) is 0 Å². The van der Waals surface area contributed by atoms with Crippen molar-refractivity contribution in [2.24, 2.45) is 5.41 Å². The van der Waals surface area contributed by atoms with E-state index < -0.39 is 18.9 Å². The molecule has 0 atom stereocenters. The number of hydrogen-bond donors (Lipinski definition) is 3. The van der Waals surface area contributed by atoms with Crippen molar-refractivity contribution >= 4 is 29.3 Å². The quantitative estimate of drug-likeness (QED) is 0.524. The van der Waals surface area contributed by atoms with Gasteiger partial charge in [0.05, 0.1) is 11.2 Å². The van der Waals surface area contributed by atoms with Crippen LogP contribution in [0.25, 0.3) is 22.2 Å². The summed E-state index contributed by atoms with van der Waals surface area (Å²) >= 11 is 0. The Morgan fingerprint density at radius 1 is 1.23 bits per heavy atom. The predicted octanol–water partition coefficient (Wildman–Crippen LogP) is 4.06. The van der Waals surface area contributed by atoms with Gasteiger partial charge < -0.3 is 20.2 Å². The third-order valence-corrected chi connectivity index (χ3v) is 7.85. The molecule has 1 aliphatic carbocycles. The second kappa shape index (κ2) is 6.81. The maximum absolute atomic E-state index is 13.8. The normalized spacial score (nSPS) is 18.7. The third kappa shape index (κ3) is 3.53. The summed E-state index contributed by atoms with van der Waals surface area (Å²) in [6, 6.07) is 5.33. The number of aromatic nitrogens is 3. The number of H-pyrrole nitrogens is 1. The van der Waals surface area contributed by atoms with Gasteiger partial charge in [0.1, 0.15) is 12.7 Å². The molecule has 0 amide bonds. The van der Waals surface area contributed by atoms with Crippen molar-refractivity contribution in [1.82, 2.24) is 20.3 Å². The van der Waals surface area contributed by atoms with Crippen molar-refractivity contribution < 1.29 is 17.7 Å². The Morgan fingerprint density at radius 3 is 2.58 bits per heavy atom. The summed E-state index contributed by atoms with van der Waals surface area (Å²) in [7, 11) is -2.62. The summed E-state index contributed by atoms with van der Waals surface area (Å²) in [5.74, 6) is 0.192. The van der Waals surface area contributed by atoms with Gasteiger partial charge in [0.2, 0.25) is 5.95 Å². The van der Waals surface area contributed by atoms with E-state index in [2.05, 4.69) is 25.6 Å². The van der Waals surface area contributed by atoms with Crippen LogP contribution < -0.4 is 15.9 Å². The first-order valence-electron chi connectivity index (χ1n) is 10.1. The molecule has 3 N–H and O–H groups in total. The van der Waals surface area contributed by atoms with Gasteiger partial charge in [0, 0.05) is 47.8 Å². The van der Waals surface area contributed by atoms with E-state index in [0.717, 1.165) is 32.1 Å². The summed E-state index contributed by atoms with van der Waals surface area (Å²) in [4.78, 5) is 11.3. The number of aromatic amines is 1. The number of alkyl halides is 3. The second-order valence-corrected chi connectivity index (χ2v) is 12.2. The zero-order valence-electron chi connectivity index (χ0n) is 17.2. The number of hydrogen-bond acceptors (Lipinski definition) is 5. The Balaban J connectivity index is 1.56. The van der Waals surface area contributed by atoms with Crippen LogP contribution in [-0.2, 0) is 10.7 Å².